The monoisotopic (exact) mass is 779 g/mol. The Bertz CT molecular complexity index is 2070. The SMILES string of the molecule is CCCCc1ccc(S(=O)(=O)Nc2ccc(NC(=O)CCC(=O)Nc3cnc(NS(=O)(=O)c4ccc(CCCC)cc4)c(C(=O)O)c3)cc2C(=O)O)cc1. The number of unbranched alkanes of at least 4 members (excludes halogenated alkanes) is 2. The summed E-state index contributed by atoms with van der Waals surface area (Å²) in [5.74, 6) is -4.81. The van der Waals surface area contributed by atoms with Gasteiger partial charge in [-0.2, -0.15) is 0 Å². The van der Waals surface area contributed by atoms with Gasteiger partial charge in [-0.25, -0.2) is 31.4 Å². The molecule has 0 aliphatic carbocycles. The van der Waals surface area contributed by atoms with Crippen molar-refractivity contribution in [3.05, 3.63) is 101 Å². The van der Waals surface area contributed by atoms with Gasteiger partial charge in [-0.3, -0.25) is 19.0 Å². The number of nitrogens with zero attached hydrogens (tertiary/aromatic N) is 1. The largest absolute Gasteiger partial charge is 0.478 e. The molecule has 15 nitrogen and oxygen atoms in total. The van der Waals surface area contributed by atoms with E-state index in [1.54, 1.807) is 24.3 Å². The third-order valence-electron chi connectivity index (χ3n) is 8.10. The van der Waals surface area contributed by atoms with Crippen LogP contribution in [0, 0.1) is 0 Å². The van der Waals surface area contributed by atoms with Crippen LogP contribution in [0.2, 0.25) is 0 Å². The summed E-state index contributed by atoms with van der Waals surface area (Å²) in [5, 5.41) is 24.4. The van der Waals surface area contributed by atoms with Crippen LogP contribution in [0.15, 0.2) is 88.8 Å². The summed E-state index contributed by atoms with van der Waals surface area (Å²) in [6, 6.07) is 17.1. The van der Waals surface area contributed by atoms with Crippen molar-refractivity contribution >= 4 is 66.7 Å². The first-order valence-electron chi connectivity index (χ1n) is 17.1. The number of aromatic nitrogens is 1. The third kappa shape index (κ3) is 11.3. The number of aryl methyl sites for hydroxylation is 2. The van der Waals surface area contributed by atoms with Crippen molar-refractivity contribution in [1.82, 2.24) is 4.98 Å². The van der Waals surface area contributed by atoms with Gasteiger partial charge in [-0.1, -0.05) is 51.0 Å². The number of sulfonamides is 2. The van der Waals surface area contributed by atoms with Gasteiger partial charge >= 0.3 is 11.9 Å². The minimum atomic E-state index is -4.19. The van der Waals surface area contributed by atoms with Gasteiger partial charge < -0.3 is 20.8 Å². The number of aromatic carboxylic acids is 2. The van der Waals surface area contributed by atoms with Crippen LogP contribution in [-0.2, 0) is 42.5 Å². The van der Waals surface area contributed by atoms with Crippen molar-refractivity contribution in [1.29, 1.82) is 0 Å². The van der Waals surface area contributed by atoms with Crippen molar-refractivity contribution in [2.24, 2.45) is 0 Å². The molecule has 17 heteroatoms. The zero-order chi connectivity index (χ0) is 39.5. The molecule has 1 aromatic heterocycles. The van der Waals surface area contributed by atoms with Crippen LogP contribution in [0.3, 0.4) is 0 Å². The highest BCUT2D eigenvalue weighted by molar-refractivity contribution is 7.93. The van der Waals surface area contributed by atoms with Crippen LogP contribution in [0.25, 0.3) is 0 Å². The van der Waals surface area contributed by atoms with Gasteiger partial charge in [0, 0.05) is 18.5 Å². The molecule has 0 bridgehead atoms. The second-order valence-electron chi connectivity index (χ2n) is 12.3. The predicted molar refractivity (Wildman–Crippen MR) is 203 cm³/mol. The molecule has 1 heterocycles. The number of carbonyl (C=O) groups excluding carboxylic acids is 2. The van der Waals surface area contributed by atoms with Gasteiger partial charge in [-0.15, -0.1) is 0 Å². The standard InChI is InChI=1S/C37H41N5O10S2/c1-3-5-7-24-9-14-28(15-10-24)53(49,50)41-32-18-13-26(21-30(32)36(45)46)39-33(43)19-20-34(44)40-27-22-31(37(47)48)35(38-23-27)42-54(51,52)29-16-11-25(12-17-29)8-6-4-2/h9-18,21-23,41H,3-8,19-20H2,1-2H3,(H,38,42)(H,39,43)(H,40,44)(H,45,46)(H,47,48). The fraction of sp³-hybridized carbons (Fsp3) is 0.270. The molecule has 0 radical (unpaired) electrons. The summed E-state index contributed by atoms with van der Waals surface area (Å²) < 4.78 is 56.3. The lowest BCUT2D eigenvalue weighted by Gasteiger charge is -2.13. The summed E-state index contributed by atoms with van der Waals surface area (Å²) in [5.41, 5.74) is 0.705. The van der Waals surface area contributed by atoms with Gasteiger partial charge in [0.2, 0.25) is 11.8 Å². The molecule has 0 fully saturated rings. The van der Waals surface area contributed by atoms with E-state index in [9.17, 15) is 46.2 Å². The zero-order valence-electron chi connectivity index (χ0n) is 29.6. The van der Waals surface area contributed by atoms with Crippen molar-refractivity contribution in [2.45, 2.75) is 75.0 Å². The molecule has 0 saturated carbocycles. The minimum absolute atomic E-state index is 0.0295. The van der Waals surface area contributed by atoms with E-state index < -0.39 is 60.7 Å². The lowest BCUT2D eigenvalue weighted by molar-refractivity contribution is -0.121. The average molecular weight is 780 g/mol. The fourth-order valence-corrected chi connectivity index (χ4v) is 7.27. The Morgan fingerprint density at radius 3 is 1.56 bits per heavy atom. The third-order valence-corrected chi connectivity index (χ3v) is 10.8. The number of carboxylic acid groups (broad SMARTS) is 2. The second kappa shape index (κ2) is 18.3. The van der Waals surface area contributed by atoms with E-state index in [0.717, 1.165) is 68.0 Å². The first-order valence-corrected chi connectivity index (χ1v) is 20.0. The number of carboxylic acids is 2. The summed E-state index contributed by atoms with van der Waals surface area (Å²) >= 11 is 0. The van der Waals surface area contributed by atoms with Gasteiger partial charge in [0.15, 0.2) is 5.82 Å². The van der Waals surface area contributed by atoms with Crippen molar-refractivity contribution in [3.63, 3.8) is 0 Å². The Morgan fingerprint density at radius 1 is 0.611 bits per heavy atom. The zero-order valence-corrected chi connectivity index (χ0v) is 31.2. The molecule has 0 unspecified atom stereocenters. The lowest BCUT2D eigenvalue weighted by atomic mass is 10.1. The van der Waals surface area contributed by atoms with Gasteiger partial charge in [0.1, 0.15) is 5.56 Å². The van der Waals surface area contributed by atoms with Crippen LogP contribution in [-0.4, -0.2) is 55.8 Å². The number of hydrogen-bond donors (Lipinski definition) is 6. The van der Waals surface area contributed by atoms with Crippen molar-refractivity contribution < 1.29 is 46.2 Å². The number of anilines is 4. The highest BCUT2D eigenvalue weighted by Crippen LogP contribution is 2.26. The Labute approximate surface area is 313 Å². The summed E-state index contributed by atoms with van der Waals surface area (Å²) in [6.07, 6.45) is 5.77. The Hall–Kier alpha value is -5.81. The van der Waals surface area contributed by atoms with Gasteiger partial charge in [0.05, 0.1) is 32.9 Å². The molecule has 4 aromatic rings. The molecule has 0 aliphatic heterocycles. The van der Waals surface area contributed by atoms with E-state index in [2.05, 4.69) is 25.1 Å². The molecule has 54 heavy (non-hydrogen) atoms. The topological polar surface area (TPSA) is 238 Å². The van der Waals surface area contributed by atoms with E-state index in [1.807, 2.05) is 13.8 Å². The van der Waals surface area contributed by atoms with Gasteiger partial charge in [-0.05, 0) is 85.3 Å². The molecule has 286 valence electrons. The van der Waals surface area contributed by atoms with Crippen molar-refractivity contribution in [2.75, 3.05) is 20.1 Å². The minimum Gasteiger partial charge on any atom is -0.478 e. The van der Waals surface area contributed by atoms with Crippen LogP contribution in [0.4, 0.5) is 22.9 Å². The Kier molecular flexibility index (Phi) is 13.9. The van der Waals surface area contributed by atoms with Crippen molar-refractivity contribution in [3.8, 4) is 0 Å². The molecule has 2 amide bonds. The van der Waals surface area contributed by atoms with Crippen LogP contribution in [0.5, 0.6) is 0 Å². The molecule has 6 N–H and O–H groups in total. The molecule has 0 saturated heterocycles. The highest BCUT2D eigenvalue weighted by atomic mass is 32.2. The molecule has 3 aromatic carbocycles. The van der Waals surface area contributed by atoms with Crippen LogP contribution >= 0.6 is 0 Å². The molecule has 0 spiro atoms. The lowest BCUT2D eigenvalue weighted by Crippen LogP contribution is -2.19. The molecule has 4 rings (SSSR count). The Balaban J connectivity index is 1.35. The maximum atomic E-state index is 13.0. The number of hydrogen-bond acceptors (Lipinski definition) is 9. The average Bonchev–Trinajstić information content (AvgIpc) is 3.13. The van der Waals surface area contributed by atoms with E-state index in [4.69, 9.17) is 0 Å². The molecular formula is C37H41N5O10S2. The smallest absolute Gasteiger partial charge is 0.339 e. The van der Waals surface area contributed by atoms with E-state index in [-0.39, 0.29) is 39.7 Å². The number of pyridine rings is 1. The fourth-order valence-electron chi connectivity index (χ4n) is 5.16. The van der Waals surface area contributed by atoms with Crippen LogP contribution in [0.1, 0.15) is 84.2 Å². The first-order chi connectivity index (χ1) is 25.6. The van der Waals surface area contributed by atoms with Gasteiger partial charge in [0.25, 0.3) is 20.0 Å². The number of rotatable bonds is 19. The predicted octanol–water partition coefficient (Wildman–Crippen LogP) is 6.12. The van der Waals surface area contributed by atoms with Crippen LogP contribution < -0.4 is 20.1 Å². The number of amides is 2. The summed E-state index contributed by atoms with van der Waals surface area (Å²) in [7, 11) is -8.32. The summed E-state index contributed by atoms with van der Waals surface area (Å²) in [6.45, 7) is 4.09. The normalized spacial score (nSPS) is 11.4. The summed E-state index contributed by atoms with van der Waals surface area (Å²) in [4.78, 5) is 53.0. The maximum Gasteiger partial charge on any atom is 0.339 e. The van der Waals surface area contributed by atoms with E-state index in [1.165, 1.54) is 36.4 Å². The second-order valence-corrected chi connectivity index (χ2v) is 15.7. The first kappa shape index (κ1) is 41.0. The highest BCUT2D eigenvalue weighted by Gasteiger charge is 2.22. The quantitative estimate of drug-likeness (QED) is 0.0634. The molecular weight excluding hydrogens is 739 g/mol. The molecule has 0 aliphatic rings. The van der Waals surface area contributed by atoms with E-state index in [0.29, 0.717) is 0 Å². The number of carbonyl (C=O) groups is 4. The number of benzene rings is 3. The van der Waals surface area contributed by atoms with E-state index >= 15 is 0 Å². The Morgan fingerprint density at radius 2 is 1.07 bits per heavy atom. The molecule has 0 atom stereocenters. The number of nitrogens with one attached hydrogen (secondary N) is 4. The maximum absolute atomic E-state index is 13.0.